The maximum atomic E-state index is 13.4. The predicted octanol–water partition coefficient (Wildman–Crippen LogP) is 3.56. The highest BCUT2D eigenvalue weighted by Gasteiger charge is 2.14. The lowest BCUT2D eigenvalue weighted by molar-refractivity contribution is 0.0691. The summed E-state index contributed by atoms with van der Waals surface area (Å²) in [6.07, 6.45) is 0. The number of aromatic carboxylic acids is 1. The largest absolute Gasteiger partial charge is 0.478 e. The molecule has 0 aliphatic heterocycles. The van der Waals surface area contributed by atoms with Crippen molar-refractivity contribution in [1.82, 2.24) is 4.98 Å². The van der Waals surface area contributed by atoms with Crippen molar-refractivity contribution in [2.75, 3.05) is 0 Å². The first-order chi connectivity index (χ1) is 9.92. The number of rotatable bonds is 3. The predicted molar refractivity (Wildman–Crippen MR) is 75.9 cm³/mol. The van der Waals surface area contributed by atoms with Crippen LogP contribution in [0.4, 0.5) is 4.39 Å². The van der Waals surface area contributed by atoms with Crippen LogP contribution in [0.5, 0.6) is 0 Å². The summed E-state index contributed by atoms with van der Waals surface area (Å²) in [5, 5.41) is 18.6. The number of carbonyl (C=O) groups is 1. The highest BCUT2D eigenvalue weighted by molar-refractivity contribution is 7.99. The molecule has 1 aromatic heterocycles. The van der Waals surface area contributed by atoms with Gasteiger partial charge in [0.2, 0.25) is 0 Å². The van der Waals surface area contributed by atoms with Crippen LogP contribution in [0.25, 0.3) is 0 Å². The van der Waals surface area contributed by atoms with E-state index in [1.54, 1.807) is 6.07 Å². The lowest BCUT2D eigenvalue weighted by atomic mass is 10.1. The van der Waals surface area contributed by atoms with Gasteiger partial charge in [-0.3, -0.25) is 0 Å². The van der Waals surface area contributed by atoms with Gasteiger partial charge in [0.05, 0.1) is 11.1 Å². The molecule has 0 aliphatic carbocycles. The molecule has 0 bridgehead atoms. The number of aryl methyl sites for hydroxylation is 2. The summed E-state index contributed by atoms with van der Waals surface area (Å²) in [4.78, 5) is 15.8. The van der Waals surface area contributed by atoms with Crippen LogP contribution in [0.15, 0.2) is 34.2 Å². The van der Waals surface area contributed by atoms with Gasteiger partial charge < -0.3 is 5.11 Å². The van der Waals surface area contributed by atoms with Crippen LogP contribution in [0, 0.1) is 31.0 Å². The van der Waals surface area contributed by atoms with Crippen molar-refractivity contribution < 1.29 is 14.3 Å². The minimum Gasteiger partial charge on any atom is -0.478 e. The van der Waals surface area contributed by atoms with Crippen molar-refractivity contribution in [1.29, 1.82) is 5.26 Å². The van der Waals surface area contributed by atoms with Crippen molar-refractivity contribution in [2.24, 2.45) is 0 Å². The minimum atomic E-state index is -1.33. The van der Waals surface area contributed by atoms with E-state index < -0.39 is 17.3 Å². The molecule has 21 heavy (non-hydrogen) atoms. The van der Waals surface area contributed by atoms with Gasteiger partial charge in [-0.25, -0.2) is 14.2 Å². The van der Waals surface area contributed by atoms with Gasteiger partial charge in [0.1, 0.15) is 16.9 Å². The second-order valence-corrected chi connectivity index (χ2v) is 5.48. The number of pyridine rings is 1. The Bertz CT molecular complexity index is 769. The molecule has 0 amide bonds. The van der Waals surface area contributed by atoms with Gasteiger partial charge >= 0.3 is 5.97 Å². The second-order valence-electron chi connectivity index (χ2n) is 4.42. The Kier molecular flexibility index (Phi) is 4.24. The van der Waals surface area contributed by atoms with Crippen LogP contribution in [-0.4, -0.2) is 16.1 Å². The molecular weight excluding hydrogens is 291 g/mol. The van der Waals surface area contributed by atoms with E-state index in [-0.39, 0.29) is 0 Å². The molecule has 0 spiro atoms. The van der Waals surface area contributed by atoms with Crippen molar-refractivity contribution >= 4 is 17.7 Å². The summed E-state index contributed by atoms with van der Waals surface area (Å²) in [6.45, 7) is 3.62. The van der Waals surface area contributed by atoms with Crippen LogP contribution >= 0.6 is 11.8 Å². The van der Waals surface area contributed by atoms with E-state index in [0.717, 1.165) is 29.1 Å². The summed E-state index contributed by atoms with van der Waals surface area (Å²) in [6, 6.07) is 7.69. The van der Waals surface area contributed by atoms with Crippen molar-refractivity contribution in [3.05, 3.63) is 52.5 Å². The number of benzene rings is 1. The Morgan fingerprint density at radius 3 is 2.71 bits per heavy atom. The first-order valence-corrected chi connectivity index (χ1v) is 6.83. The molecule has 0 radical (unpaired) electrons. The Morgan fingerprint density at radius 1 is 1.38 bits per heavy atom. The number of nitrogens with zero attached hydrogens (tertiary/aromatic N) is 2. The fraction of sp³-hybridized carbons (Fsp3) is 0.133. The average Bonchev–Trinajstić information content (AvgIpc) is 2.40. The fourth-order valence-electron chi connectivity index (χ4n) is 1.86. The Balaban J connectivity index is 2.46. The summed E-state index contributed by atoms with van der Waals surface area (Å²) in [5.41, 5.74) is 1.59. The fourth-order valence-corrected chi connectivity index (χ4v) is 2.89. The number of aromatic nitrogens is 1. The molecular formula is C15H11FN2O2S. The van der Waals surface area contributed by atoms with Crippen LogP contribution in [-0.2, 0) is 0 Å². The lowest BCUT2D eigenvalue weighted by Crippen LogP contribution is -2.00. The molecule has 0 fully saturated rings. The number of carboxylic acid groups (broad SMARTS) is 1. The Morgan fingerprint density at radius 2 is 2.10 bits per heavy atom. The molecule has 0 aliphatic rings. The summed E-state index contributed by atoms with van der Waals surface area (Å²) < 4.78 is 13.4. The summed E-state index contributed by atoms with van der Waals surface area (Å²) >= 11 is 1.14. The van der Waals surface area contributed by atoms with Gasteiger partial charge in [-0.2, -0.15) is 5.26 Å². The molecule has 0 saturated heterocycles. The normalized spacial score (nSPS) is 10.2. The SMILES string of the molecule is Cc1cc(C)c(C#N)c(Sc2ccc(F)c(C(=O)O)c2)n1. The van der Waals surface area contributed by atoms with Crippen molar-refractivity contribution in [3.63, 3.8) is 0 Å². The van der Waals surface area contributed by atoms with Crippen LogP contribution in [0.1, 0.15) is 27.2 Å². The number of hydrogen-bond acceptors (Lipinski definition) is 4. The van der Waals surface area contributed by atoms with E-state index in [1.165, 1.54) is 12.1 Å². The van der Waals surface area contributed by atoms with E-state index >= 15 is 0 Å². The number of hydrogen-bond donors (Lipinski definition) is 1. The molecule has 0 saturated carbocycles. The Labute approximate surface area is 125 Å². The molecule has 1 aromatic carbocycles. The lowest BCUT2D eigenvalue weighted by Gasteiger charge is -2.08. The van der Waals surface area contributed by atoms with E-state index in [9.17, 15) is 14.4 Å². The summed E-state index contributed by atoms with van der Waals surface area (Å²) in [5.74, 6) is -2.12. The standard InChI is InChI=1S/C15H11FN2O2S/c1-8-5-9(2)18-14(12(8)7-17)21-10-3-4-13(16)11(6-10)15(19)20/h3-6H,1-2H3,(H,19,20). The third kappa shape index (κ3) is 3.20. The second kappa shape index (κ2) is 5.94. The first kappa shape index (κ1) is 15.0. The minimum absolute atomic E-state index is 0.400. The van der Waals surface area contributed by atoms with Crippen LogP contribution < -0.4 is 0 Å². The molecule has 0 unspecified atom stereocenters. The molecule has 1 N–H and O–H groups in total. The molecule has 0 atom stereocenters. The van der Waals surface area contributed by atoms with Gasteiger partial charge in [0.15, 0.2) is 0 Å². The molecule has 4 nitrogen and oxygen atoms in total. The van der Waals surface area contributed by atoms with Gasteiger partial charge in [-0.05, 0) is 43.7 Å². The number of carboxylic acids is 1. The van der Waals surface area contributed by atoms with E-state index in [4.69, 9.17) is 5.11 Å². The smallest absolute Gasteiger partial charge is 0.338 e. The Hall–Kier alpha value is -2.39. The molecule has 1 heterocycles. The third-order valence-electron chi connectivity index (χ3n) is 2.81. The topological polar surface area (TPSA) is 74.0 Å². The zero-order chi connectivity index (χ0) is 15.6. The zero-order valence-corrected chi connectivity index (χ0v) is 12.2. The molecule has 2 aromatic rings. The monoisotopic (exact) mass is 302 g/mol. The van der Waals surface area contributed by atoms with Gasteiger partial charge in [-0.15, -0.1) is 0 Å². The maximum Gasteiger partial charge on any atom is 0.338 e. The van der Waals surface area contributed by atoms with Crippen LogP contribution in [0.2, 0.25) is 0 Å². The number of nitriles is 1. The van der Waals surface area contributed by atoms with Crippen LogP contribution in [0.3, 0.4) is 0 Å². The highest BCUT2D eigenvalue weighted by atomic mass is 32.2. The van der Waals surface area contributed by atoms with Crippen molar-refractivity contribution in [2.45, 2.75) is 23.8 Å². The molecule has 106 valence electrons. The highest BCUT2D eigenvalue weighted by Crippen LogP contribution is 2.31. The van der Waals surface area contributed by atoms with E-state index in [1.807, 2.05) is 13.8 Å². The first-order valence-electron chi connectivity index (χ1n) is 6.01. The van der Waals surface area contributed by atoms with Crippen molar-refractivity contribution in [3.8, 4) is 6.07 Å². The number of halogens is 1. The quantitative estimate of drug-likeness (QED) is 0.938. The van der Waals surface area contributed by atoms with E-state index in [2.05, 4.69) is 11.1 Å². The maximum absolute atomic E-state index is 13.4. The van der Waals surface area contributed by atoms with Gasteiger partial charge in [0.25, 0.3) is 0 Å². The van der Waals surface area contributed by atoms with Gasteiger partial charge in [0, 0.05) is 10.6 Å². The molecule has 2 rings (SSSR count). The zero-order valence-electron chi connectivity index (χ0n) is 11.3. The van der Waals surface area contributed by atoms with Gasteiger partial charge in [-0.1, -0.05) is 11.8 Å². The molecule has 6 heteroatoms. The third-order valence-corrected chi connectivity index (χ3v) is 3.78. The summed E-state index contributed by atoms with van der Waals surface area (Å²) in [7, 11) is 0. The average molecular weight is 302 g/mol. The van der Waals surface area contributed by atoms with E-state index in [0.29, 0.717) is 15.5 Å².